The molecule has 0 radical (unpaired) electrons. The minimum Gasteiger partial charge on any atom is -0.508 e. The van der Waals surface area contributed by atoms with Gasteiger partial charge in [0.25, 0.3) is 5.91 Å². The van der Waals surface area contributed by atoms with Crippen LogP contribution in [0.15, 0.2) is 84.9 Å². The van der Waals surface area contributed by atoms with Crippen molar-refractivity contribution < 1.29 is 24.2 Å². The van der Waals surface area contributed by atoms with Crippen LogP contribution in [0.4, 0.5) is 10.5 Å². The predicted octanol–water partition coefficient (Wildman–Crippen LogP) is 6.44. The first kappa shape index (κ1) is 31.1. The standard InChI is InChI=1S/C35H39N3O5/c1-22-11-18-29(23(2)19-22)31(32(40)36-27-15-14-25-9-7-8-10-26(25)21-27)38(6)33(41)30(37-34(42)43-35(3,4)5)20-24-12-16-28(39)17-13-24/h7-19,21,30-31,39H,20H2,1-6H3,(H,36,40)(H,37,42). The molecule has 224 valence electrons. The molecule has 0 spiro atoms. The lowest BCUT2D eigenvalue weighted by molar-refractivity contribution is -0.139. The number of nitrogens with zero attached hydrogens (tertiary/aromatic N) is 1. The van der Waals surface area contributed by atoms with Gasteiger partial charge in [0, 0.05) is 19.2 Å². The Labute approximate surface area is 252 Å². The predicted molar refractivity (Wildman–Crippen MR) is 169 cm³/mol. The quantitative estimate of drug-likeness (QED) is 0.222. The molecule has 2 unspecified atom stereocenters. The van der Waals surface area contributed by atoms with Gasteiger partial charge in [-0.2, -0.15) is 0 Å². The van der Waals surface area contributed by atoms with Crippen molar-refractivity contribution in [3.8, 4) is 5.75 Å². The van der Waals surface area contributed by atoms with Crippen LogP contribution in [0.3, 0.4) is 0 Å². The summed E-state index contributed by atoms with van der Waals surface area (Å²) < 4.78 is 5.45. The van der Waals surface area contributed by atoms with Gasteiger partial charge in [-0.1, -0.05) is 66.2 Å². The van der Waals surface area contributed by atoms with Crippen molar-refractivity contribution >= 4 is 34.4 Å². The number of phenolic OH excluding ortho intramolecular Hbond substituents is 1. The number of alkyl carbamates (subject to hydrolysis) is 1. The van der Waals surface area contributed by atoms with Crippen LogP contribution in [-0.4, -0.2) is 46.6 Å². The Morgan fingerprint density at radius 3 is 2.21 bits per heavy atom. The van der Waals surface area contributed by atoms with Gasteiger partial charge in [0.05, 0.1) is 0 Å². The van der Waals surface area contributed by atoms with Crippen molar-refractivity contribution in [3.05, 3.63) is 107 Å². The second kappa shape index (κ2) is 13.0. The van der Waals surface area contributed by atoms with Crippen molar-refractivity contribution in [2.75, 3.05) is 12.4 Å². The number of ether oxygens (including phenoxy) is 1. The second-order valence-corrected chi connectivity index (χ2v) is 11.8. The maximum Gasteiger partial charge on any atom is 0.408 e. The first-order valence-corrected chi connectivity index (χ1v) is 14.2. The van der Waals surface area contributed by atoms with Crippen molar-refractivity contribution in [1.82, 2.24) is 10.2 Å². The zero-order valence-electron chi connectivity index (χ0n) is 25.5. The molecule has 4 aromatic rings. The number of likely N-dealkylation sites (N-methyl/N-ethyl adjacent to an activating group) is 1. The average Bonchev–Trinajstić information content (AvgIpc) is 2.93. The van der Waals surface area contributed by atoms with Gasteiger partial charge in [0.1, 0.15) is 23.4 Å². The molecule has 0 aliphatic rings. The Morgan fingerprint density at radius 1 is 0.884 bits per heavy atom. The summed E-state index contributed by atoms with van der Waals surface area (Å²) in [4.78, 5) is 42.4. The van der Waals surface area contributed by atoms with E-state index in [1.54, 1.807) is 40.0 Å². The summed E-state index contributed by atoms with van der Waals surface area (Å²) >= 11 is 0. The van der Waals surface area contributed by atoms with E-state index in [2.05, 4.69) is 10.6 Å². The van der Waals surface area contributed by atoms with Crippen LogP contribution in [0, 0.1) is 13.8 Å². The van der Waals surface area contributed by atoms with Crippen molar-refractivity contribution in [2.45, 2.75) is 58.7 Å². The number of hydrogen-bond acceptors (Lipinski definition) is 5. The van der Waals surface area contributed by atoms with Crippen molar-refractivity contribution in [1.29, 1.82) is 0 Å². The van der Waals surface area contributed by atoms with Gasteiger partial charge in [0.2, 0.25) is 5.91 Å². The lowest BCUT2D eigenvalue weighted by Crippen LogP contribution is -2.52. The number of fused-ring (bicyclic) bond motifs is 1. The number of phenols is 1. The molecule has 2 atom stereocenters. The zero-order valence-corrected chi connectivity index (χ0v) is 25.5. The van der Waals surface area contributed by atoms with Crippen LogP contribution in [0.1, 0.15) is 49.1 Å². The van der Waals surface area contributed by atoms with E-state index in [0.29, 0.717) is 16.8 Å². The minimum absolute atomic E-state index is 0.0871. The van der Waals surface area contributed by atoms with Crippen LogP contribution in [0.2, 0.25) is 0 Å². The van der Waals surface area contributed by atoms with E-state index in [4.69, 9.17) is 4.74 Å². The Morgan fingerprint density at radius 2 is 1.56 bits per heavy atom. The Balaban J connectivity index is 1.69. The van der Waals surface area contributed by atoms with E-state index in [9.17, 15) is 19.5 Å². The number of carbonyl (C=O) groups excluding carboxylic acids is 3. The number of rotatable bonds is 8. The molecule has 0 aliphatic heterocycles. The molecule has 0 aliphatic carbocycles. The number of carbonyl (C=O) groups is 3. The fourth-order valence-corrected chi connectivity index (χ4v) is 5.03. The summed E-state index contributed by atoms with van der Waals surface area (Å²) in [6, 6.07) is 23.6. The Kier molecular flexibility index (Phi) is 9.39. The monoisotopic (exact) mass is 581 g/mol. The number of benzene rings is 4. The molecular formula is C35H39N3O5. The lowest BCUT2D eigenvalue weighted by atomic mass is 9.96. The third-order valence-electron chi connectivity index (χ3n) is 7.09. The van der Waals surface area contributed by atoms with E-state index in [1.807, 2.05) is 74.5 Å². The first-order chi connectivity index (χ1) is 20.3. The maximum absolute atomic E-state index is 14.2. The Hall–Kier alpha value is -4.85. The molecule has 0 aromatic heterocycles. The van der Waals surface area contributed by atoms with Crippen molar-refractivity contribution in [3.63, 3.8) is 0 Å². The molecule has 0 bridgehead atoms. The molecule has 43 heavy (non-hydrogen) atoms. The van der Waals surface area contributed by atoms with Gasteiger partial charge in [0.15, 0.2) is 0 Å². The summed E-state index contributed by atoms with van der Waals surface area (Å²) in [6.07, 6.45) is -0.629. The van der Waals surface area contributed by atoms with Gasteiger partial charge in [-0.25, -0.2) is 4.79 Å². The molecule has 4 rings (SSSR count). The highest BCUT2D eigenvalue weighted by Crippen LogP contribution is 2.28. The minimum atomic E-state index is -1.05. The smallest absolute Gasteiger partial charge is 0.408 e. The van der Waals surface area contributed by atoms with Crippen LogP contribution >= 0.6 is 0 Å². The van der Waals surface area contributed by atoms with Crippen LogP contribution in [0.25, 0.3) is 10.8 Å². The Bertz CT molecular complexity index is 1630. The number of anilines is 1. The summed E-state index contributed by atoms with van der Waals surface area (Å²) in [7, 11) is 1.56. The fourth-order valence-electron chi connectivity index (χ4n) is 5.03. The molecule has 0 heterocycles. The van der Waals surface area contributed by atoms with Gasteiger partial charge in [-0.05, 0) is 86.3 Å². The van der Waals surface area contributed by atoms with Gasteiger partial charge in [-0.15, -0.1) is 0 Å². The van der Waals surface area contributed by atoms with E-state index in [1.165, 1.54) is 17.0 Å². The van der Waals surface area contributed by atoms with Crippen LogP contribution < -0.4 is 10.6 Å². The second-order valence-electron chi connectivity index (χ2n) is 11.8. The lowest BCUT2D eigenvalue weighted by Gasteiger charge is -2.32. The number of aryl methyl sites for hydroxylation is 2. The maximum atomic E-state index is 14.2. The summed E-state index contributed by atoms with van der Waals surface area (Å²) in [5.41, 5.74) is 3.09. The third kappa shape index (κ3) is 8.13. The average molecular weight is 582 g/mol. The summed E-state index contributed by atoms with van der Waals surface area (Å²) in [5, 5.41) is 17.5. The zero-order chi connectivity index (χ0) is 31.3. The third-order valence-corrected chi connectivity index (χ3v) is 7.09. The normalized spacial score (nSPS) is 12.7. The van der Waals surface area contributed by atoms with Gasteiger partial charge in [-0.3, -0.25) is 9.59 Å². The number of nitrogens with one attached hydrogen (secondary N) is 2. The van der Waals surface area contributed by atoms with Crippen LogP contribution in [-0.2, 0) is 20.7 Å². The summed E-state index contributed by atoms with van der Waals surface area (Å²) in [5.74, 6) is -0.777. The molecular weight excluding hydrogens is 542 g/mol. The number of amides is 3. The molecule has 0 fully saturated rings. The van der Waals surface area contributed by atoms with E-state index in [-0.39, 0.29) is 12.2 Å². The highest BCUT2D eigenvalue weighted by molar-refractivity contribution is 6.00. The molecule has 3 amide bonds. The molecule has 4 aromatic carbocycles. The van der Waals surface area contributed by atoms with Crippen LogP contribution in [0.5, 0.6) is 5.75 Å². The van der Waals surface area contributed by atoms with Gasteiger partial charge >= 0.3 is 6.09 Å². The number of aromatic hydroxyl groups is 1. The highest BCUT2D eigenvalue weighted by Gasteiger charge is 2.35. The SMILES string of the molecule is Cc1ccc(C(C(=O)Nc2ccc3ccccc3c2)N(C)C(=O)C(Cc2ccc(O)cc2)NC(=O)OC(C)(C)C)c(C)c1. The largest absolute Gasteiger partial charge is 0.508 e. The molecule has 8 nitrogen and oxygen atoms in total. The fraction of sp³-hybridized carbons (Fsp3) is 0.286. The number of hydrogen-bond donors (Lipinski definition) is 3. The van der Waals surface area contributed by atoms with Gasteiger partial charge < -0.3 is 25.4 Å². The molecule has 3 N–H and O–H groups in total. The topological polar surface area (TPSA) is 108 Å². The van der Waals surface area contributed by atoms with E-state index >= 15 is 0 Å². The molecule has 8 heteroatoms. The molecule has 0 saturated carbocycles. The highest BCUT2D eigenvalue weighted by atomic mass is 16.6. The van der Waals surface area contributed by atoms with Crippen molar-refractivity contribution in [2.24, 2.45) is 0 Å². The first-order valence-electron chi connectivity index (χ1n) is 14.2. The van der Waals surface area contributed by atoms with E-state index < -0.39 is 35.6 Å². The summed E-state index contributed by atoms with van der Waals surface area (Å²) in [6.45, 7) is 9.09. The van der Waals surface area contributed by atoms with E-state index in [0.717, 1.165) is 21.9 Å². The molecule has 0 saturated heterocycles.